The minimum absolute atomic E-state index is 0.0162. The lowest BCUT2D eigenvalue weighted by Crippen LogP contribution is -2.28. The van der Waals surface area contributed by atoms with Crippen molar-refractivity contribution in [3.05, 3.63) is 47.8 Å². The van der Waals surface area contributed by atoms with Crippen molar-refractivity contribution in [3.8, 4) is 17.2 Å². The summed E-state index contributed by atoms with van der Waals surface area (Å²) in [5, 5.41) is 9.56. The zero-order chi connectivity index (χ0) is 15.7. The van der Waals surface area contributed by atoms with E-state index in [1.807, 2.05) is 32.0 Å². The second-order valence-electron chi connectivity index (χ2n) is 5.97. The first-order valence-electron chi connectivity index (χ1n) is 7.32. The van der Waals surface area contributed by atoms with Crippen LogP contribution in [0.4, 0.5) is 0 Å². The van der Waals surface area contributed by atoms with E-state index in [1.54, 1.807) is 18.3 Å². The number of hydrogen-bond acceptors (Lipinski definition) is 5. The fourth-order valence-electron chi connectivity index (χ4n) is 2.58. The first-order valence-corrected chi connectivity index (χ1v) is 7.32. The van der Waals surface area contributed by atoms with Gasteiger partial charge in [-0.15, -0.1) is 0 Å². The highest BCUT2D eigenvalue weighted by atomic mass is 16.5. The van der Waals surface area contributed by atoms with Crippen molar-refractivity contribution in [2.45, 2.75) is 31.9 Å². The maximum Gasteiger partial charge on any atom is 0.152 e. The summed E-state index contributed by atoms with van der Waals surface area (Å²) in [6.07, 6.45) is 2.41. The molecule has 0 bridgehead atoms. The molecule has 2 heterocycles. The monoisotopic (exact) mass is 300 g/mol. The predicted octanol–water partition coefficient (Wildman–Crippen LogP) is 2.36. The molecule has 116 valence electrons. The summed E-state index contributed by atoms with van der Waals surface area (Å²) >= 11 is 0. The summed E-state index contributed by atoms with van der Waals surface area (Å²) in [6, 6.07) is 8.96. The molecule has 1 unspecified atom stereocenters. The number of rotatable bonds is 4. The van der Waals surface area contributed by atoms with Crippen molar-refractivity contribution in [2.75, 3.05) is 6.61 Å². The third-order valence-electron chi connectivity index (χ3n) is 3.70. The molecule has 0 saturated carbocycles. The van der Waals surface area contributed by atoms with Gasteiger partial charge in [-0.1, -0.05) is 6.07 Å². The van der Waals surface area contributed by atoms with E-state index in [0.717, 1.165) is 17.7 Å². The van der Waals surface area contributed by atoms with Crippen molar-refractivity contribution in [2.24, 2.45) is 5.73 Å². The molecule has 1 aliphatic heterocycles. The Morgan fingerprint density at radius 2 is 2.23 bits per heavy atom. The van der Waals surface area contributed by atoms with E-state index < -0.39 is 5.60 Å². The second kappa shape index (κ2) is 5.50. The van der Waals surface area contributed by atoms with Crippen LogP contribution in [-0.4, -0.2) is 22.7 Å². The first-order chi connectivity index (χ1) is 10.5. The largest absolute Gasteiger partial charge is 0.508 e. The summed E-state index contributed by atoms with van der Waals surface area (Å²) in [5.74, 6) is 1.61. The predicted molar refractivity (Wildman–Crippen MR) is 83.2 cm³/mol. The molecular weight excluding hydrogens is 280 g/mol. The van der Waals surface area contributed by atoms with Crippen LogP contribution >= 0.6 is 0 Å². The highest BCUT2D eigenvalue weighted by molar-refractivity contribution is 5.45. The maximum absolute atomic E-state index is 9.56. The van der Waals surface area contributed by atoms with Crippen molar-refractivity contribution in [1.82, 2.24) is 4.98 Å². The average Bonchev–Trinajstić information content (AvgIpc) is 2.82. The first kappa shape index (κ1) is 14.7. The number of aromatic nitrogens is 1. The van der Waals surface area contributed by atoms with Crippen LogP contribution in [0.3, 0.4) is 0 Å². The van der Waals surface area contributed by atoms with E-state index in [2.05, 4.69) is 4.98 Å². The normalized spacial score (nSPS) is 21.0. The Morgan fingerprint density at radius 1 is 1.41 bits per heavy atom. The van der Waals surface area contributed by atoms with Crippen molar-refractivity contribution >= 4 is 0 Å². The number of hydrogen-bond donors (Lipinski definition) is 2. The Bertz CT molecular complexity index is 670. The fourth-order valence-corrected chi connectivity index (χ4v) is 2.58. The molecule has 2 atom stereocenters. The highest BCUT2D eigenvalue weighted by Crippen LogP contribution is 2.42. The van der Waals surface area contributed by atoms with Crippen molar-refractivity contribution in [3.63, 3.8) is 0 Å². The van der Waals surface area contributed by atoms with Crippen LogP contribution in [-0.2, 0) is 12.0 Å². The molecule has 3 rings (SSSR count). The summed E-state index contributed by atoms with van der Waals surface area (Å²) in [5.41, 5.74) is 7.03. The molecule has 1 aliphatic rings. The number of benzene rings is 1. The molecule has 22 heavy (non-hydrogen) atoms. The number of phenols is 1. The second-order valence-corrected chi connectivity index (χ2v) is 5.97. The van der Waals surface area contributed by atoms with Gasteiger partial charge in [-0.3, -0.25) is 4.98 Å². The number of phenolic OH excluding ortho intramolecular Hbond substituents is 1. The Labute approximate surface area is 129 Å². The van der Waals surface area contributed by atoms with E-state index in [-0.39, 0.29) is 11.8 Å². The lowest BCUT2D eigenvalue weighted by Gasteiger charge is -2.23. The summed E-state index contributed by atoms with van der Waals surface area (Å²) in [4.78, 5) is 4.46. The zero-order valence-electron chi connectivity index (χ0n) is 12.7. The summed E-state index contributed by atoms with van der Waals surface area (Å²) in [6.45, 7) is 4.34. The SMILES string of the molecule is C[C@H](N)COc1ccc(C2(C)Cc3ccc(O)cc3O2)nc1. The van der Waals surface area contributed by atoms with Crippen LogP contribution in [0.5, 0.6) is 17.2 Å². The minimum atomic E-state index is -0.532. The molecule has 3 N–H and O–H groups in total. The quantitative estimate of drug-likeness (QED) is 0.906. The van der Waals surface area contributed by atoms with E-state index >= 15 is 0 Å². The average molecular weight is 300 g/mol. The van der Waals surface area contributed by atoms with Gasteiger partial charge in [-0.25, -0.2) is 0 Å². The van der Waals surface area contributed by atoms with Gasteiger partial charge in [0.2, 0.25) is 0 Å². The van der Waals surface area contributed by atoms with Gasteiger partial charge in [0.1, 0.15) is 23.9 Å². The number of nitrogens with two attached hydrogens (primary N) is 1. The van der Waals surface area contributed by atoms with E-state index in [1.165, 1.54) is 0 Å². The van der Waals surface area contributed by atoms with Crippen LogP contribution < -0.4 is 15.2 Å². The fraction of sp³-hybridized carbons (Fsp3) is 0.353. The molecule has 1 aromatic carbocycles. The summed E-state index contributed by atoms with van der Waals surface area (Å²) in [7, 11) is 0. The number of nitrogens with zero attached hydrogens (tertiary/aromatic N) is 1. The lowest BCUT2D eigenvalue weighted by molar-refractivity contribution is 0.110. The van der Waals surface area contributed by atoms with Crippen molar-refractivity contribution < 1.29 is 14.6 Å². The van der Waals surface area contributed by atoms with Gasteiger partial charge in [0.05, 0.1) is 11.9 Å². The standard InChI is InChI=1S/C17H20N2O3/c1-11(18)10-21-14-5-6-16(19-9-14)17(2)8-12-3-4-13(20)7-15(12)22-17/h3-7,9,11,20H,8,10,18H2,1-2H3/t11-,17?/m0/s1. The van der Waals surface area contributed by atoms with Gasteiger partial charge in [0, 0.05) is 18.5 Å². The number of fused-ring (bicyclic) bond motifs is 1. The molecule has 0 spiro atoms. The molecule has 0 saturated heterocycles. The van der Waals surface area contributed by atoms with Gasteiger partial charge in [0.25, 0.3) is 0 Å². The molecule has 5 heteroatoms. The Morgan fingerprint density at radius 3 is 2.91 bits per heavy atom. The van der Waals surface area contributed by atoms with E-state index in [0.29, 0.717) is 18.1 Å². The zero-order valence-corrected chi connectivity index (χ0v) is 12.7. The maximum atomic E-state index is 9.56. The van der Waals surface area contributed by atoms with Gasteiger partial charge < -0.3 is 20.3 Å². The molecule has 2 aromatic rings. The van der Waals surface area contributed by atoms with Crippen LogP contribution in [0.15, 0.2) is 36.5 Å². The van der Waals surface area contributed by atoms with Crippen LogP contribution in [0, 0.1) is 0 Å². The van der Waals surface area contributed by atoms with Crippen LogP contribution in [0.25, 0.3) is 0 Å². The third-order valence-corrected chi connectivity index (χ3v) is 3.70. The Hall–Kier alpha value is -2.27. The summed E-state index contributed by atoms with van der Waals surface area (Å²) < 4.78 is 11.6. The van der Waals surface area contributed by atoms with Gasteiger partial charge in [0.15, 0.2) is 5.60 Å². The minimum Gasteiger partial charge on any atom is -0.508 e. The Kier molecular flexibility index (Phi) is 3.66. The molecule has 0 amide bonds. The number of ether oxygens (including phenoxy) is 2. The van der Waals surface area contributed by atoms with E-state index in [9.17, 15) is 5.11 Å². The molecule has 0 aliphatic carbocycles. The molecule has 0 fully saturated rings. The van der Waals surface area contributed by atoms with Crippen LogP contribution in [0.2, 0.25) is 0 Å². The lowest BCUT2D eigenvalue weighted by atomic mass is 9.95. The molecular formula is C17H20N2O3. The van der Waals surface area contributed by atoms with E-state index in [4.69, 9.17) is 15.2 Å². The van der Waals surface area contributed by atoms with Crippen LogP contribution in [0.1, 0.15) is 25.1 Å². The molecule has 5 nitrogen and oxygen atoms in total. The van der Waals surface area contributed by atoms with Gasteiger partial charge in [-0.05, 0) is 37.6 Å². The highest BCUT2D eigenvalue weighted by Gasteiger charge is 2.37. The third kappa shape index (κ3) is 2.85. The number of aromatic hydroxyl groups is 1. The topological polar surface area (TPSA) is 77.6 Å². The number of pyridine rings is 1. The van der Waals surface area contributed by atoms with Gasteiger partial charge in [-0.2, -0.15) is 0 Å². The molecule has 0 radical (unpaired) electrons. The molecule has 1 aromatic heterocycles. The Balaban J connectivity index is 1.77. The van der Waals surface area contributed by atoms with Gasteiger partial charge >= 0.3 is 0 Å². The van der Waals surface area contributed by atoms with Crippen molar-refractivity contribution in [1.29, 1.82) is 0 Å². The smallest absolute Gasteiger partial charge is 0.152 e.